The van der Waals surface area contributed by atoms with Gasteiger partial charge >= 0.3 is 5.97 Å². The fourth-order valence-electron chi connectivity index (χ4n) is 3.89. The molecule has 0 saturated carbocycles. The number of carbonyl (C=O) groups is 1. The van der Waals surface area contributed by atoms with Crippen molar-refractivity contribution in [2.24, 2.45) is 0 Å². The van der Waals surface area contributed by atoms with Gasteiger partial charge in [0.2, 0.25) is 0 Å². The Bertz CT molecular complexity index is 1120. The molecule has 1 heterocycles. The van der Waals surface area contributed by atoms with Crippen LogP contribution in [0.1, 0.15) is 29.2 Å². The second kappa shape index (κ2) is 10.8. The molecule has 0 aromatic heterocycles. The number of benzene rings is 3. The van der Waals surface area contributed by atoms with E-state index in [-0.39, 0.29) is 18.5 Å². The molecule has 2 bridgehead atoms. The Hall–Kier alpha value is -3.91. The normalized spacial score (nSPS) is 14.0. The average molecular weight is 463 g/mol. The lowest BCUT2D eigenvalue weighted by molar-refractivity contribution is -0.385. The highest BCUT2D eigenvalue weighted by molar-refractivity contribution is 5.71. The molecule has 4 rings (SSSR count). The lowest BCUT2D eigenvalue weighted by atomic mass is 9.96. The van der Waals surface area contributed by atoms with Crippen LogP contribution in [0.5, 0.6) is 17.2 Å². The molecule has 0 amide bonds. The second-order valence-corrected chi connectivity index (χ2v) is 7.82. The molecule has 176 valence electrons. The summed E-state index contributed by atoms with van der Waals surface area (Å²) in [5.41, 5.74) is 2.61. The Balaban J connectivity index is 1.87. The molecule has 3 aromatic rings. The highest BCUT2D eigenvalue weighted by Gasteiger charge is 2.22. The van der Waals surface area contributed by atoms with Crippen LogP contribution in [0.3, 0.4) is 0 Å². The van der Waals surface area contributed by atoms with Gasteiger partial charge in [0.25, 0.3) is 5.69 Å². The van der Waals surface area contributed by atoms with Crippen LogP contribution < -0.4 is 14.2 Å². The van der Waals surface area contributed by atoms with E-state index in [1.165, 1.54) is 19.1 Å². The average Bonchev–Trinajstić information content (AvgIpc) is 2.81. The lowest BCUT2D eigenvalue weighted by Crippen LogP contribution is -2.14. The molecule has 34 heavy (non-hydrogen) atoms. The number of nitrogens with zero attached hydrogens (tertiary/aromatic N) is 1. The van der Waals surface area contributed by atoms with Gasteiger partial charge in [-0.05, 0) is 23.3 Å². The number of nitro benzene ring substituents is 1. The van der Waals surface area contributed by atoms with E-state index in [0.717, 1.165) is 11.1 Å². The maximum atomic E-state index is 12.0. The summed E-state index contributed by atoms with van der Waals surface area (Å²) in [6, 6.07) is 17.8. The van der Waals surface area contributed by atoms with E-state index in [2.05, 4.69) is 0 Å². The van der Waals surface area contributed by atoms with Gasteiger partial charge in [0.05, 0.1) is 18.1 Å². The third kappa shape index (κ3) is 5.71. The smallest absolute Gasteiger partial charge is 0.308 e. The minimum absolute atomic E-state index is 0.0767. The van der Waals surface area contributed by atoms with E-state index in [4.69, 9.17) is 18.9 Å². The zero-order valence-corrected chi connectivity index (χ0v) is 18.8. The van der Waals surface area contributed by atoms with Crippen molar-refractivity contribution in [1.29, 1.82) is 0 Å². The number of rotatable bonds is 2. The number of para-hydroxylation sites is 2. The van der Waals surface area contributed by atoms with Crippen molar-refractivity contribution < 1.29 is 28.7 Å². The van der Waals surface area contributed by atoms with Gasteiger partial charge in [0.15, 0.2) is 0 Å². The molecule has 0 fully saturated rings. The standard InChI is InChI=1S/C26H25NO7/c1-18(28)34-26-21-14-19-6-2-4-8-24(19)32-12-10-31-11-13-33-25-9-5-3-7-20(25)15-22(26)17-23(16-21)27(29)30/h2-9,16-17H,10-15H2,1H3. The number of hydrogen-bond donors (Lipinski definition) is 0. The first-order valence-corrected chi connectivity index (χ1v) is 11.0. The molecule has 0 spiro atoms. The molecule has 3 aromatic carbocycles. The Kier molecular flexibility index (Phi) is 7.39. The van der Waals surface area contributed by atoms with E-state index >= 15 is 0 Å². The SMILES string of the molecule is CC(=O)Oc1c2cc([N+](=O)[O-])cc1Cc1ccccc1OCCOCCOc1ccccc1C2. The summed E-state index contributed by atoms with van der Waals surface area (Å²) in [7, 11) is 0. The van der Waals surface area contributed by atoms with E-state index in [9.17, 15) is 14.9 Å². The maximum Gasteiger partial charge on any atom is 0.308 e. The summed E-state index contributed by atoms with van der Waals surface area (Å²) in [6.45, 7) is 2.77. The Labute approximate surface area is 197 Å². The number of carbonyl (C=O) groups excluding carboxylic acids is 1. The quantitative estimate of drug-likeness (QED) is 0.239. The predicted octanol–water partition coefficient (Wildman–Crippen LogP) is 4.49. The fraction of sp³-hybridized carbons (Fsp3) is 0.269. The summed E-state index contributed by atoms with van der Waals surface area (Å²) in [6.07, 6.45) is 0.568. The third-order valence-corrected chi connectivity index (χ3v) is 5.36. The van der Waals surface area contributed by atoms with E-state index < -0.39 is 10.9 Å². The van der Waals surface area contributed by atoms with Crippen LogP contribution in [-0.4, -0.2) is 37.3 Å². The summed E-state index contributed by atoms with van der Waals surface area (Å²) in [5, 5.41) is 11.8. The molecule has 0 saturated heterocycles. The van der Waals surface area contributed by atoms with Gasteiger partial charge in [-0.3, -0.25) is 14.9 Å². The molecule has 0 radical (unpaired) electrons. The van der Waals surface area contributed by atoms with Crippen molar-refractivity contribution in [1.82, 2.24) is 0 Å². The zero-order chi connectivity index (χ0) is 23.9. The van der Waals surface area contributed by atoms with E-state index in [1.807, 2.05) is 48.5 Å². The van der Waals surface area contributed by atoms with E-state index in [1.54, 1.807) is 0 Å². The number of fused-ring (bicyclic) bond motifs is 4. The number of esters is 1. The van der Waals surface area contributed by atoms with Crippen molar-refractivity contribution >= 4 is 11.7 Å². The largest absolute Gasteiger partial charge is 0.491 e. The number of non-ortho nitro benzene ring substituents is 1. The van der Waals surface area contributed by atoms with Crippen LogP contribution >= 0.6 is 0 Å². The first-order valence-electron chi connectivity index (χ1n) is 11.0. The van der Waals surface area contributed by atoms with Gasteiger partial charge in [0, 0.05) is 43.0 Å². The molecule has 8 heteroatoms. The fourth-order valence-corrected chi connectivity index (χ4v) is 3.89. The van der Waals surface area contributed by atoms with Crippen LogP contribution in [0.2, 0.25) is 0 Å². The van der Waals surface area contributed by atoms with Crippen molar-refractivity contribution in [2.75, 3.05) is 26.4 Å². The maximum absolute atomic E-state index is 12.0. The summed E-state index contributed by atoms with van der Waals surface area (Å²) in [5.74, 6) is 1.10. The minimum atomic E-state index is -0.503. The lowest BCUT2D eigenvalue weighted by Gasteiger charge is -2.18. The molecular formula is C26H25NO7. The Morgan fingerprint density at radius 2 is 1.32 bits per heavy atom. The van der Waals surface area contributed by atoms with Crippen LogP contribution in [0.25, 0.3) is 0 Å². The van der Waals surface area contributed by atoms with Crippen molar-refractivity contribution in [3.05, 3.63) is 93.0 Å². The van der Waals surface area contributed by atoms with Crippen LogP contribution in [0.15, 0.2) is 60.7 Å². The summed E-state index contributed by atoms with van der Waals surface area (Å²) in [4.78, 5) is 23.3. The zero-order valence-electron chi connectivity index (χ0n) is 18.8. The highest BCUT2D eigenvalue weighted by atomic mass is 16.6. The minimum Gasteiger partial charge on any atom is -0.491 e. The van der Waals surface area contributed by atoms with Crippen molar-refractivity contribution in [2.45, 2.75) is 19.8 Å². The van der Waals surface area contributed by atoms with Gasteiger partial charge in [-0.1, -0.05) is 36.4 Å². The molecule has 0 unspecified atom stereocenters. The van der Waals surface area contributed by atoms with Crippen molar-refractivity contribution in [3.8, 4) is 17.2 Å². The molecule has 1 aliphatic heterocycles. The first kappa shape index (κ1) is 23.3. The number of nitro groups is 1. The predicted molar refractivity (Wildman–Crippen MR) is 125 cm³/mol. The monoisotopic (exact) mass is 463 g/mol. The molecule has 0 atom stereocenters. The molecular weight excluding hydrogens is 438 g/mol. The Morgan fingerprint density at radius 3 is 1.79 bits per heavy atom. The topological polar surface area (TPSA) is 97.1 Å². The molecule has 0 aliphatic carbocycles. The van der Waals surface area contributed by atoms with Gasteiger partial charge < -0.3 is 18.9 Å². The van der Waals surface area contributed by atoms with Gasteiger partial charge in [-0.15, -0.1) is 0 Å². The summed E-state index contributed by atoms with van der Waals surface area (Å²) < 4.78 is 23.1. The van der Waals surface area contributed by atoms with Gasteiger partial charge in [0.1, 0.15) is 30.5 Å². The number of hydrogen-bond acceptors (Lipinski definition) is 7. The summed E-state index contributed by atoms with van der Waals surface area (Å²) >= 11 is 0. The van der Waals surface area contributed by atoms with Crippen LogP contribution in [0, 0.1) is 10.1 Å². The third-order valence-electron chi connectivity index (χ3n) is 5.36. The highest BCUT2D eigenvalue weighted by Crippen LogP contribution is 2.36. The van der Waals surface area contributed by atoms with Crippen molar-refractivity contribution in [3.63, 3.8) is 0 Å². The molecule has 0 N–H and O–H groups in total. The molecule has 1 aliphatic rings. The van der Waals surface area contributed by atoms with Crippen LogP contribution in [-0.2, 0) is 22.4 Å². The Morgan fingerprint density at radius 1 is 0.824 bits per heavy atom. The van der Waals surface area contributed by atoms with Gasteiger partial charge in [-0.2, -0.15) is 0 Å². The number of ether oxygens (including phenoxy) is 4. The second-order valence-electron chi connectivity index (χ2n) is 7.82. The first-order chi connectivity index (χ1) is 16.5. The molecule has 8 nitrogen and oxygen atoms in total. The van der Waals surface area contributed by atoms with E-state index in [0.29, 0.717) is 54.8 Å². The van der Waals surface area contributed by atoms with Gasteiger partial charge in [-0.25, -0.2) is 0 Å². The van der Waals surface area contributed by atoms with Crippen LogP contribution in [0.4, 0.5) is 5.69 Å².